The van der Waals surface area contributed by atoms with E-state index in [1.54, 1.807) is 0 Å². The van der Waals surface area contributed by atoms with E-state index in [1.165, 1.54) is 7.11 Å². The quantitative estimate of drug-likeness (QED) is 0.286. The van der Waals surface area contributed by atoms with Crippen LogP contribution in [-0.2, 0) is 42.2 Å². The first-order valence-electron chi connectivity index (χ1n) is 6.80. The van der Waals surface area contributed by atoms with Crippen LogP contribution < -0.4 is 4.74 Å². The summed E-state index contributed by atoms with van der Waals surface area (Å²) in [6.07, 6.45) is -0.516. The second-order valence-corrected chi connectivity index (χ2v) is 5.38. The predicted octanol–water partition coefficient (Wildman–Crippen LogP) is 3.19. The minimum Gasteiger partial charge on any atom is -0.467 e. The van der Waals surface area contributed by atoms with Crippen LogP contribution in [0.3, 0.4) is 0 Å². The third-order valence-electron chi connectivity index (χ3n) is 3.17. The molecular weight excluding hydrogens is 443 g/mol. The molecule has 0 fully saturated rings. The number of amides is 1. The van der Waals surface area contributed by atoms with E-state index in [0.717, 1.165) is 12.1 Å². The molecule has 0 saturated carbocycles. The fraction of sp³-hybridized carbons (Fsp3) is 0.400. The third kappa shape index (κ3) is 5.39. The van der Waals surface area contributed by atoms with E-state index < -0.39 is 47.1 Å². The second-order valence-electron chi connectivity index (χ2n) is 4.85. The number of benzene rings is 1. The van der Waals surface area contributed by atoms with E-state index in [4.69, 9.17) is 16.3 Å². The molecule has 1 aliphatic heterocycles. The van der Waals surface area contributed by atoms with E-state index in [2.05, 4.69) is 10.8 Å². The normalized spacial score (nSPS) is 17.4. The fourth-order valence-electron chi connectivity index (χ4n) is 2.18. The Morgan fingerprint density at radius 2 is 1.96 bits per heavy atom. The molecule has 135 valence electrons. The van der Waals surface area contributed by atoms with E-state index in [9.17, 15) is 22.4 Å². The predicted molar refractivity (Wildman–Crippen MR) is 77.5 cm³/mol. The molecule has 2 rings (SSSR count). The van der Waals surface area contributed by atoms with Crippen molar-refractivity contribution < 1.29 is 64.5 Å². The first-order valence-corrected chi connectivity index (χ1v) is 7.24. The molecule has 0 saturated heterocycles. The molecule has 0 N–H and O–H groups in total. The zero-order valence-electron chi connectivity index (χ0n) is 13.1. The molecule has 0 spiro atoms. The van der Waals surface area contributed by atoms with Gasteiger partial charge in [0.2, 0.25) is 5.91 Å². The van der Waals surface area contributed by atoms with Crippen LogP contribution in [-0.4, -0.2) is 43.1 Å². The van der Waals surface area contributed by atoms with E-state index >= 15 is 0 Å². The van der Waals surface area contributed by atoms with Gasteiger partial charge in [-0.3, -0.25) is 4.79 Å². The Bertz CT molecular complexity index is 637. The van der Waals surface area contributed by atoms with Gasteiger partial charge in [-0.2, -0.15) is 0 Å². The standard InChI is InChI=1S/C15H13ClF4NO3.Y/c1-23-7-24-8-4-10(17)14(11(18)5-8)12-3-2-9(16)15(22)21(12)6-13(19)20;/h4-5,9,13H,2,6-7H2,1H3;/q-1;. The molecule has 0 bridgehead atoms. The third-order valence-corrected chi connectivity index (χ3v) is 3.51. The molecule has 1 aromatic carbocycles. The van der Waals surface area contributed by atoms with Gasteiger partial charge in [0.1, 0.15) is 11.1 Å². The average Bonchev–Trinajstić information content (AvgIpc) is 2.51. The molecule has 1 amide bonds. The number of allylic oxidation sites excluding steroid dienone is 1. The Labute approximate surface area is 172 Å². The van der Waals surface area contributed by atoms with Crippen LogP contribution in [0.25, 0.3) is 5.70 Å². The van der Waals surface area contributed by atoms with Crippen molar-refractivity contribution in [3.8, 4) is 5.75 Å². The van der Waals surface area contributed by atoms with Gasteiger partial charge in [-0.05, 0) is 12.1 Å². The van der Waals surface area contributed by atoms with Gasteiger partial charge in [-0.1, -0.05) is 12.0 Å². The summed E-state index contributed by atoms with van der Waals surface area (Å²) >= 11 is 5.73. The maximum Gasteiger partial charge on any atom is 0.256 e. The Kier molecular flexibility index (Phi) is 8.81. The summed E-state index contributed by atoms with van der Waals surface area (Å²) < 4.78 is 63.5. The Balaban J connectivity index is 0.00000312. The number of nitrogens with zero attached hydrogens (tertiary/aromatic N) is 1. The van der Waals surface area contributed by atoms with Crippen molar-refractivity contribution in [3.63, 3.8) is 0 Å². The monoisotopic (exact) mass is 455 g/mol. The number of carbonyl (C=O) groups is 1. The van der Waals surface area contributed by atoms with Gasteiger partial charge in [0.25, 0.3) is 6.43 Å². The molecule has 1 aromatic rings. The van der Waals surface area contributed by atoms with Crippen LogP contribution in [0.4, 0.5) is 17.6 Å². The van der Waals surface area contributed by atoms with Crippen LogP contribution in [0.15, 0.2) is 12.1 Å². The summed E-state index contributed by atoms with van der Waals surface area (Å²) in [7, 11) is 1.33. The summed E-state index contributed by atoms with van der Waals surface area (Å²) in [6, 6.07) is 1.73. The molecule has 1 aliphatic rings. The smallest absolute Gasteiger partial charge is 0.256 e. The summed E-state index contributed by atoms with van der Waals surface area (Å²) in [6.45, 7) is -1.26. The van der Waals surface area contributed by atoms with Crippen molar-refractivity contribution in [2.75, 3.05) is 20.4 Å². The van der Waals surface area contributed by atoms with Crippen molar-refractivity contribution in [1.29, 1.82) is 0 Å². The number of ether oxygens (including phenoxy) is 2. The first kappa shape index (κ1) is 22.3. The minimum absolute atomic E-state index is 0. The van der Waals surface area contributed by atoms with Gasteiger partial charge in [-0.25, -0.2) is 23.6 Å². The maximum absolute atomic E-state index is 14.3. The van der Waals surface area contributed by atoms with Crippen molar-refractivity contribution in [1.82, 2.24) is 4.90 Å². The second kappa shape index (κ2) is 9.85. The zero-order valence-corrected chi connectivity index (χ0v) is 16.7. The molecule has 1 atom stereocenters. The summed E-state index contributed by atoms with van der Waals surface area (Å²) in [5, 5.41) is -1.11. The molecule has 1 heterocycles. The van der Waals surface area contributed by atoms with Crippen LogP contribution in [0, 0.1) is 17.7 Å². The van der Waals surface area contributed by atoms with Gasteiger partial charge < -0.3 is 14.4 Å². The molecule has 0 aliphatic carbocycles. The summed E-state index contributed by atoms with van der Waals surface area (Å²) in [5.41, 5.74) is -1.04. The minimum atomic E-state index is -2.90. The number of carbonyl (C=O) groups excluding carboxylic acids is 1. The molecule has 1 radical (unpaired) electrons. The van der Waals surface area contributed by atoms with Crippen molar-refractivity contribution in [3.05, 3.63) is 35.4 Å². The largest absolute Gasteiger partial charge is 0.467 e. The van der Waals surface area contributed by atoms with Crippen LogP contribution in [0.1, 0.15) is 12.0 Å². The number of alkyl halides is 3. The summed E-state index contributed by atoms with van der Waals surface area (Å²) in [4.78, 5) is 12.5. The first-order chi connectivity index (χ1) is 11.3. The van der Waals surface area contributed by atoms with E-state index in [-0.39, 0.29) is 51.7 Å². The van der Waals surface area contributed by atoms with Crippen molar-refractivity contribution in [2.24, 2.45) is 0 Å². The number of methoxy groups -OCH3 is 1. The molecule has 1 unspecified atom stereocenters. The Morgan fingerprint density at radius 1 is 1.36 bits per heavy atom. The number of hydrogen-bond donors (Lipinski definition) is 0. The van der Waals surface area contributed by atoms with Crippen LogP contribution in [0.5, 0.6) is 5.75 Å². The van der Waals surface area contributed by atoms with Crippen LogP contribution >= 0.6 is 11.6 Å². The van der Waals surface area contributed by atoms with Gasteiger partial charge in [-0.15, -0.1) is 17.3 Å². The number of halogens is 5. The van der Waals surface area contributed by atoms with Gasteiger partial charge in [0.15, 0.2) is 6.79 Å². The van der Waals surface area contributed by atoms with E-state index in [0.29, 0.717) is 4.90 Å². The molecular formula is C15H13ClF4NO3Y-. The van der Waals surface area contributed by atoms with Crippen LogP contribution in [0.2, 0.25) is 0 Å². The van der Waals surface area contributed by atoms with Gasteiger partial charge >= 0.3 is 0 Å². The number of rotatable bonds is 6. The van der Waals surface area contributed by atoms with Gasteiger partial charge in [0, 0.05) is 39.8 Å². The van der Waals surface area contributed by atoms with E-state index in [1.807, 2.05) is 0 Å². The van der Waals surface area contributed by atoms with Crippen molar-refractivity contribution in [2.45, 2.75) is 18.2 Å². The Morgan fingerprint density at radius 3 is 2.48 bits per heavy atom. The fourth-order valence-corrected chi connectivity index (χ4v) is 2.37. The topological polar surface area (TPSA) is 38.8 Å². The molecule has 4 nitrogen and oxygen atoms in total. The van der Waals surface area contributed by atoms with Gasteiger partial charge in [0.05, 0.1) is 18.2 Å². The zero-order chi connectivity index (χ0) is 17.9. The SMILES string of the molecule is COCOc1cc(F)c(C2=[C-]CC(Cl)C(=O)N2CC(F)F)c(F)c1.[Y]. The average molecular weight is 456 g/mol. The Hall–Kier alpha value is -0.696. The van der Waals surface area contributed by atoms with Crippen molar-refractivity contribution >= 4 is 23.2 Å². The maximum atomic E-state index is 14.3. The molecule has 25 heavy (non-hydrogen) atoms. The number of hydrogen-bond acceptors (Lipinski definition) is 3. The molecule has 10 heteroatoms. The molecule has 0 aromatic heterocycles. The summed E-state index contributed by atoms with van der Waals surface area (Å²) in [5.74, 6) is -3.16.